The maximum Gasteiger partial charge on any atom is 0.441 e. The minimum atomic E-state index is -4.36. The number of hydrogen-bond donors (Lipinski definition) is 2. The first-order chi connectivity index (χ1) is 9.65. The molecule has 0 amide bonds. The van der Waals surface area contributed by atoms with Gasteiger partial charge in [-0.1, -0.05) is 6.07 Å². The second kappa shape index (κ2) is 7.82. The van der Waals surface area contributed by atoms with Gasteiger partial charge in [0.05, 0.1) is 4.90 Å². The van der Waals surface area contributed by atoms with Gasteiger partial charge in [0.2, 0.25) is 10.0 Å². The molecule has 0 aliphatic heterocycles. The molecule has 4 nitrogen and oxygen atoms in total. The van der Waals surface area contributed by atoms with Crippen molar-refractivity contribution in [3.63, 3.8) is 0 Å². The maximum absolute atomic E-state index is 12.0. The molecule has 0 atom stereocenters. The van der Waals surface area contributed by atoms with Gasteiger partial charge in [0.1, 0.15) is 0 Å². The Morgan fingerprint density at radius 1 is 1.33 bits per heavy atom. The van der Waals surface area contributed by atoms with E-state index in [0.717, 1.165) is 5.56 Å². The summed E-state index contributed by atoms with van der Waals surface area (Å²) in [5.41, 5.74) is -3.48. The fourth-order valence-electron chi connectivity index (χ4n) is 1.50. The van der Waals surface area contributed by atoms with Crippen LogP contribution in [0.5, 0.6) is 0 Å². The Kier molecular flexibility index (Phi) is 6.98. The van der Waals surface area contributed by atoms with Gasteiger partial charge in [0.25, 0.3) is 0 Å². The molecule has 0 saturated carbocycles. The van der Waals surface area contributed by atoms with E-state index in [-0.39, 0.29) is 29.0 Å². The summed E-state index contributed by atoms with van der Waals surface area (Å²) < 4.78 is 62.4. The largest absolute Gasteiger partial charge is 0.441 e. The van der Waals surface area contributed by atoms with Crippen LogP contribution in [0.4, 0.5) is 13.2 Å². The van der Waals surface area contributed by atoms with E-state index in [4.69, 9.17) is 0 Å². The van der Waals surface area contributed by atoms with Crippen molar-refractivity contribution in [3.8, 4) is 0 Å². The predicted octanol–water partition coefficient (Wildman–Crippen LogP) is 2.70. The van der Waals surface area contributed by atoms with Crippen LogP contribution in [0.3, 0.4) is 0 Å². The zero-order valence-corrected chi connectivity index (χ0v) is 14.2. The molecule has 120 valence electrons. The van der Waals surface area contributed by atoms with E-state index < -0.39 is 15.5 Å². The molecule has 0 radical (unpaired) electrons. The number of alkyl halides is 3. The van der Waals surface area contributed by atoms with E-state index >= 15 is 0 Å². The third-order valence-electron chi connectivity index (χ3n) is 2.33. The lowest BCUT2D eigenvalue weighted by atomic mass is 10.2. The normalized spacial score (nSPS) is 12.6. The van der Waals surface area contributed by atoms with Crippen LogP contribution in [0.2, 0.25) is 0 Å². The van der Waals surface area contributed by atoms with Crippen molar-refractivity contribution < 1.29 is 21.6 Å². The summed E-state index contributed by atoms with van der Waals surface area (Å²) in [6.45, 7) is 0.284. The molecule has 10 heteroatoms. The van der Waals surface area contributed by atoms with Crippen LogP contribution >= 0.6 is 27.7 Å². The molecule has 0 fully saturated rings. The van der Waals surface area contributed by atoms with E-state index in [0.29, 0.717) is 11.0 Å². The number of halogens is 4. The Labute approximate surface area is 134 Å². The molecule has 0 aromatic heterocycles. The summed E-state index contributed by atoms with van der Waals surface area (Å²) in [5, 5.41) is 2.93. The molecule has 0 bridgehead atoms. The van der Waals surface area contributed by atoms with Gasteiger partial charge in [-0.3, -0.25) is 0 Å². The number of rotatable bonds is 7. The molecule has 0 aliphatic carbocycles. The molecule has 21 heavy (non-hydrogen) atoms. The molecule has 1 rings (SSSR count). The number of benzene rings is 1. The number of sulfonamides is 1. The van der Waals surface area contributed by atoms with Crippen molar-refractivity contribution >= 4 is 37.7 Å². The molecule has 2 N–H and O–H groups in total. The summed E-state index contributed by atoms with van der Waals surface area (Å²) in [7, 11) is -2.08. The highest BCUT2D eigenvalue weighted by Crippen LogP contribution is 2.29. The monoisotopic (exact) mass is 406 g/mol. The van der Waals surface area contributed by atoms with E-state index in [9.17, 15) is 21.6 Å². The van der Waals surface area contributed by atoms with E-state index in [1.54, 1.807) is 19.2 Å². The van der Waals surface area contributed by atoms with Gasteiger partial charge in [-0.15, -0.1) is 0 Å². The van der Waals surface area contributed by atoms with Crippen molar-refractivity contribution in [3.05, 3.63) is 28.2 Å². The predicted molar refractivity (Wildman–Crippen MR) is 80.6 cm³/mol. The van der Waals surface area contributed by atoms with E-state index in [1.807, 2.05) is 0 Å². The lowest BCUT2D eigenvalue weighted by Crippen LogP contribution is -2.27. The van der Waals surface area contributed by atoms with E-state index in [2.05, 4.69) is 26.0 Å². The highest BCUT2D eigenvalue weighted by atomic mass is 79.9. The van der Waals surface area contributed by atoms with Crippen LogP contribution in [-0.2, 0) is 16.6 Å². The van der Waals surface area contributed by atoms with Gasteiger partial charge in [0, 0.05) is 23.3 Å². The molecule has 0 heterocycles. The molecule has 0 unspecified atom stereocenters. The average molecular weight is 407 g/mol. The Hall–Kier alpha value is -0.290. The lowest BCUT2D eigenvalue weighted by molar-refractivity contribution is -0.0327. The van der Waals surface area contributed by atoms with Crippen molar-refractivity contribution in [2.45, 2.75) is 16.9 Å². The Morgan fingerprint density at radius 2 is 2.00 bits per heavy atom. The van der Waals surface area contributed by atoms with Gasteiger partial charge in [-0.05, 0) is 52.4 Å². The van der Waals surface area contributed by atoms with Crippen LogP contribution < -0.4 is 10.0 Å². The summed E-state index contributed by atoms with van der Waals surface area (Å²) in [5.74, 6) is -0.377. The van der Waals surface area contributed by atoms with Gasteiger partial charge < -0.3 is 5.32 Å². The van der Waals surface area contributed by atoms with Crippen molar-refractivity contribution in [2.75, 3.05) is 19.3 Å². The first-order valence-electron chi connectivity index (χ1n) is 5.79. The average Bonchev–Trinajstić information content (AvgIpc) is 2.34. The lowest BCUT2D eigenvalue weighted by Gasteiger charge is -2.10. The third kappa shape index (κ3) is 6.55. The molecule has 0 aliphatic rings. The fourth-order valence-corrected chi connectivity index (χ4v) is 4.22. The molecular weight excluding hydrogens is 393 g/mol. The van der Waals surface area contributed by atoms with Gasteiger partial charge in [0.15, 0.2) is 0 Å². The topological polar surface area (TPSA) is 58.2 Å². The summed E-state index contributed by atoms with van der Waals surface area (Å²) in [6, 6.07) is 4.70. The van der Waals surface area contributed by atoms with Crippen LogP contribution in [0.1, 0.15) is 5.56 Å². The number of thioether (sulfide) groups is 1. The standard InChI is InChI=1S/C11H14BrF3N2O2S2/c1-16-7-8-2-3-10(9(12)6-8)21(18,19)17-4-5-20-11(13,14)15/h2-3,6,16-17H,4-5,7H2,1H3. The highest BCUT2D eigenvalue weighted by molar-refractivity contribution is 9.10. The maximum atomic E-state index is 12.0. The molecule has 1 aromatic carbocycles. The summed E-state index contributed by atoms with van der Waals surface area (Å²) in [6.07, 6.45) is 0. The van der Waals surface area contributed by atoms with E-state index in [1.165, 1.54) is 6.07 Å². The van der Waals surface area contributed by atoms with Crippen LogP contribution in [0.25, 0.3) is 0 Å². The first-order valence-corrected chi connectivity index (χ1v) is 9.05. The van der Waals surface area contributed by atoms with Crippen molar-refractivity contribution in [2.24, 2.45) is 0 Å². The molecule has 0 saturated heterocycles. The zero-order valence-electron chi connectivity index (χ0n) is 11.0. The molecule has 0 spiro atoms. The highest BCUT2D eigenvalue weighted by Gasteiger charge is 2.28. The van der Waals surface area contributed by atoms with Crippen LogP contribution in [0, 0.1) is 0 Å². The second-order valence-corrected chi connectivity index (χ2v) is 7.74. The first kappa shape index (κ1) is 18.8. The van der Waals surface area contributed by atoms with Gasteiger partial charge in [-0.2, -0.15) is 13.2 Å². The number of nitrogens with one attached hydrogen (secondary N) is 2. The van der Waals surface area contributed by atoms with Crippen molar-refractivity contribution in [1.29, 1.82) is 0 Å². The summed E-state index contributed by atoms with van der Waals surface area (Å²) >= 11 is 2.90. The fraction of sp³-hybridized carbons (Fsp3) is 0.455. The van der Waals surface area contributed by atoms with Gasteiger partial charge in [-0.25, -0.2) is 13.1 Å². The Balaban J connectivity index is 2.70. The van der Waals surface area contributed by atoms with Gasteiger partial charge >= 0.3 is 5.51 Å². The minimum absolute atomic E-state index is 0.000591. The van der Waals surface area contributed by atoms with Crippen LogP contribution in [0.15, 0.2) is 27.6 Å². The molecule has 1 aromatic rings. The SMILES string of the molecule is CNCc1ccc(S(=O)(=O)NCCSC(F)(F)F)c(Br)c1. The third-order valence-corrected chi connectivity index (χ3v) is 5.50. The van der Waals surface area contributed by atoms with Crippen molar-refractivity contribution in [1.82, 2.24) is 10.0 Å². The number of hydrogen-bond acceptors (Lipinski definition) is 4. The Bertz CT molecular complexity index is 579. The van der Waals surface area contributed by atoms with Crippen LogP contribution in [-0.4, -0.2) is 33.3 Å². The Morgan fingerprint density at radius 3 is 2.52 bits per heavy atom. The quantitative estimate of drug-likeness (QED) is 0.683. The summed E-state index contributed by atoms with van der Waals surface area (Å²) in [4.78, 5) is -0.000591. The molecular formula is C11H14BrF3N2O2S2. The smallest absolute Gasteiger partial charge is 0.316 e. The zero-order chi connectivity index (χ0) is 16.1. The minimum Gasteiger partial charge on any atom is -0.316 e. The second-order valence-electron chi connectivity index (χ2n) is 3.99.